The fourth-order valence-corrected chi connectivity index (χ4v) is 2.12. The number of fused-ring (bicyclic) bond motifs is 6. The highest BCUT2D eigenvalue weighted by molar-refractivity contribution is 6.06. The Kier molecular flexibility index (Phi) is 1.50. The van der Waals surface area contributed by atoms with Gasteiger partial charge in [-0.1, -0.05) is 0 Å². The van der Waals surface area contributed by atoms with E-state index in [4.69, 9.17) is 0 Å². The minimum Gasteiger partial charge on any atom is -0.282 e. The maximum Gasteiger partial charge on any atom is 0.166 e. The lowest BCUT2D eigenvalue weighted by molar-refractivity contribution is 1.18. The second-order valence-electron chi connectivity index (χ2n) is 3.75. The molecular weight excluding hydrogens is 214 g/mol. The SMILES string of the molecule is c1cnc2c(c1)c1nccnc1c1nccn21. The third-order valence-electron chi connectivity index (χ3n) is 2.82. The zero-order valence-corrected chi connectivity index (χ0v) is 8.78. The predicted octanol–water partition coefficient (Wildman–Crippen LogP) is 1.83. The van der Waals surface area contributed by atoms with Gasteiger partial charge in [0.15, 0.2) is 5.65 Å². The molecule has 17 heavy (non-hydrogen) atoms. The van der Waals surface area contributed by atoms with Crippen molar-refractivity contribution in [2.24, 2.45) is 0 Å². The summed E-state index contributed by atoms with van der Waals surface area (Å²) in [4.78, 5) is 17.4. The molecule has 4 heterocycles. The van der Waals surface area contributed by atoms with E-state index < -0.39 is 0 Å². The van der Waals surface area contributed by atoms with Gasteiger partial charge < -0.3 is 0 Å². The first-order chi connectivity index (χ1) is 8.45. The number of aromatic nitrogens is 5. The average molecular weight is 221 g/mol. The first-order valence-corrected chi connectivity index (χ1v) is 5.25. The van der Waals surface area contributed by atoms with Crippen molar-refractivity contribution in [3.63, 3.8) is 0 Å². The molecule has 5 nitrogen and oxygen atoms in total. The Hall–Kier alpha value is -2.56. The van der Waals surface area contributed by atoms with Crippen LogP contribution < -0.4 is 0 Å². The van der Waals surface area contributed by atoms with Crippen LogP contribution in [0.1, 0.15) is 0 Å². The highest BCUT2D eigenvalue weighted by Gasteiger charge is 2.10. The number of hydrogen-bond acceptors (Lipinski definition) is 4. The van der Waals surface area contributed by atoms with E-state index in [1.165, 1.54) is 0 Å². The number of hydrogen-bond donors (Lipinski definition) is 0. The molecule has 4 rings (SSSR count). The number of rotatable bonds is 0. The molecule has 0 saturated heterocycles. The molecule has 0 N–H and O–H groups in total. The van der Waals surface area contributed by atoms with E-state index >= 15 is 0 Å². The lowest BCUT2D eigenvalue weighted by Gasteiger charge is -2.04. The topological polar surface area (TPSA) is 56.0 Å². The van der Waals surface area contributed by atoms with E-state index in [0.29, 0.717) is 0 Å². The summed E-state index contributed by atoms with van der Waals surface area (Å²) >= 11 is 0. The van der Waals surface area contributed by atoms with Crippen LogP contribution in [0.25, 0.3) is 27.7 Å². The van der Waals surface area contributed by atoms with Gasteiger partial charge in [-0.25, -0.2) is 15.0 Å². The maximum atomic E-state index is 4.39. The predicted molar refractivity (Wildman–Crippen MR) is 63.6 cm³/mol. The summed E-state index contributed by atoms with van der Waals surface area (Å²) in [5.41, 5.74) is 3.29. The van der Waals surface area contributed by atoms with Crippen LogP contribution in [0.3, 0.4) is 0 Å². The zero-order valence-electron chi connectivity index (χ0n) is 8.78. The molecule has 0 aliphatic heterocycles. The van der Waals surface area contributed by atoms with Gasteiger partial charge in [-0.2, -0.15) is 0 Å². The first-order valence-electron chi connectivity index (χ1n) is 5.25. The second kappa shape index (κ2) is 2.98. The molecule has 4 aromatic heterocycles. The molecule has 4 aromatic rings. The minimum atomic E-state index is 0.791. The molecule has 0 amide bonds. The standard InChI is InChI=1S/C12H7N5/c1-2-8-9-10(14-5-4-13-9)12-16-6-7-17(12)11(8)15-3-1/h1-7H. The Bertz CT molecular complexity index is 779. The van der Waals surface area contributed by atoms with Crippen molar-refractivity contribution >= 4 is 27.7 Å². The van der Waals surface area contributed by atoms with Crippen LogP contribution >= 0.6 is 0 Å². The lowest BCUT2D eigenvalue weighted by atomic mass is 10.2. The number of nitrogens with zero attached hydrogens (tertiary/aromatic N) is 5. The molecule has 0 atom stereocenters. The van der Waals surface area contributed by atoms with E-state index in [1.807, 2.05) is 22.7 Å². The zero-order chi connectivity index (χ0) is 11.2. The number of imidazole rings is 1. The summed E-state index contributed by atoms with van der Waals surface area (Å²) in [5, 5.41) is 0.987. The van der Waals surface area contributed by atoms with Crippen molar-refractivity contribution in [1.29, 1.82) is 0 Å². The van der Waals surface area contributed by atoms with E-state index in [9.17, 15) is 0 Å². The summed E-state index contributed by atoms with van der Waals surface area (Å²) < 4.78 is 1.94. The maximum absolute atomic E-state index is 4.39. The van der Waals surface area contributed by atoms with Crippen molar-refractivity contribution < 1.29 is 0 Å². The van der Waals surface area contributed by atoms with Gasteiger partial charge >= 0.3 is 0 Å². The highest BCUT2D eigenvalue weighted by Crippen LogP contribution is 2.23. The largest absolute Gasteiger partial charge is 0.282 e. The Morgan fingerprint density at radius 2 is 1.59 bits per heavy atom. The van der Waals surface area contributed by atoms with Gasteiger partial charge in [0.25, 0.3) is 0 Å². The molecule has 0 spiro atoms. The fraction of sp³-hybridized carbons (Fsp3) is 0. The summed E-state index contributed by atoms with van der Waals surface area (Å²) in [5.74, 6) is 0. The highest BCUT2D eigenvalue weighted by atomic mass is 15.1. The molecule has 0 aromatic carbocycles. The van der Waals surface area contributed by atoms with Crippen LogP contribution in [0.5, 0.6) is 0 Å². The quantitative estimate of drug-likeness (QED) is 0.425. The van der Waals surface area contributed by atoms with Gasteiger partial charge in [0, 0.05) is 36.4 Å². The summed E-state index contributed by atoms with van der Waals surface area (Å²) in [6, 6.07) is 3.90. The third kappa shape index (κ3) is 1.02. The Morgan fingerprint density at radius 1 is 0.765 bits per heavy atom. The summed E-state index contributed by atoms with van der Waals surface area (Å²) in [7, 11) is 0. The van der Waals surface area contributed by atoms with Crippen LogP contribution in [0, 0.1) is 0 Å². The van der Waals surface area contributed by atoms with Crippen molar-refractivity contribution in [2.45, 2.75) is 0 Å². The number of pyridine rings is 2. The molecule has 80 valence electrons. The monoisotopic (exact) mass is 221 g/mol. The normalized spacial score (nSPS) is 11.5. The van der Waals surface area contributed by atoms with Gasteiger partial charge in [0.05, 0.1) is 0 Å². The Labute approximate surface area is 95.8 Å². The van der Waals surface area contributed by atoms with Crippen LogP contribution in [-0.4, -0.2) is 24.3 Å². The van der Waals surface area contributed by atoms with Gasteiger partial charge in [-0.3, -0.25) is 9.38 Å². The average Bonchev–Trinajstić information content (AvgIpc) is 2.89. The first kappa shape index (κ1) is 8.58. The van der Waals surface area contributed by atoms with E-state index in [-0.39, 0.29) is 0 Å². The fourth-order valence-electron chi connectivity index (χ4n) is 2.12. The van der Waals surface area contributed by atoms with Crippen LogP contribution in [-0.2, 0) is 0 Å². The molecule has 0 aliphatic carbocycles. The summed E-state index contributed by atoms with van der Waals surface area (Å²) in [6.07, 6.45) is 8.77. The molecule has 0 bridgehead atoms. The van der Waals surface area contributed by atoms with Crippen molar-refractivity contribution in [2.75, 3.05) is 0 Å². The molecule has 0 fully saturated rings. The van der Waals surface area contributed by atoms with Gasteiger partial charge in [0.1, 0.15) is 16.7 Å². The molecule has 0 unspecified atom stereocenters. The lowest BCUT2D eigenvalue weighted by Crippen LogP contribution is -1.95. The van der Waals surface area contributed by atoms with Crippen molar-refractivity contribution in [3.05, 3.63) is 43.1 Å². The van der Waals surface area contributed by atoms with Crippen molar-refractivity contribution in [1.82, 2.24) is 24.3 Å². The molecule has 0 radical (unpaired) electrons. The van der Waals surface area contributed by atoms with Gasteiger partial charge in [-0.15, -0.1) is 0 Å². The van der Waals surface area contributed by atoms with E-state index in [2.05, 4.69) is 19.9 Å². The Balaban J connectivity index is 2.48. The molecular formula is C12H7N5. The van der Waals surface area contributed by atoms with Crippen LogP contribution in [0.4, 0.5) is 0 Å². The van der Waals surface area contributed by atoms with Crippen LogP contribution in [0.2, 0.25) is 0 Å². The van der Waals surface area contributed by atoms with Crippen molar-refractivity contribution in [3.8, 4) is 0 Å². The third-order valence-corrected chi connectivity index (χ3v) is 2.82. The van der Waals surface area contributed by atoms with E-state index in [1.54, 1.807) is 24.8 Å². The Morgan fingerprint density at radius 3 is 2.53 bits per heavy atom. The van der Waals surface area contributed by atoms with E-state index in [0.717, 1.165) is 27.7 Å². The molecule has 0 aliphatic rings. The van der Waals surface area contributed by atoms with Gasteiger partial charge in [0.2, 0.25) is 0 Å². The van der Waals surface area contributed by atoms with Gasteiger partial charge in [-0.05, 0) is 12.1 Å². The second-order valence-corrected chi connectivity index (χ2v) is 3.75. The van der Waals surface area contributed by atoms with Crippen LogP contribution in [0.15, 0.2) is 43.1 Å². The minimum absolute atomic E-state index is 0.791. The molecule has 5 heteroatoms. The molecule has 0 saturated carbocycles. The smallest absolute Gasteiger partial charge is 0.166 e. The summed E-state index contributed by atoms with van der Waals surface area (Å²) in [6.45, 7) is 0.